The molecule has 0 bridgehead atoms. The van der Waals surface area contributed by atoms with Crippen molar-refractivity contribution in [2.45, 2.75) is 12.5 Å². The minimum Gasteiger partial charge on any atom is -0.465 e. The Balaban J connectivity index is 2.44. The molecule has 2 rings (SSSR count). The summed E-state index contributed by atoms with van der Waals surface area (Å²) >= 11 is 0. The van der Waals surface area contributed by atoms with Gasteiger partial charge in [0.15, 0.2) is 0 Å². The molecule has 0 aromatic heterocycles. The van der Waals surface area contributed by atoms with Gasteiger partial charge in [0.1, 0.15) is 11.8 Å². The fourth-order valence-corrected chi connectivity index (χ4v) is 2.56. The Labute approximate surface area is 154 Å². The van der Waals surface area contributed by atoms with Crippen LogP contribution in [0.25, 0.3) is 0 Å². The standard InChI is InChI=1S/C18H17N3O6/c22-11-10-13(19-18(24)25)12-20(14-6-2-1-3-7-14)17(23)15-8-4-5-9-16(15)21(26)27/h1-9,11,13,19H,10,12H2,(H,24,25). The first kappa shape index (κ1) is 19.6. The van der Waals surface area contributed by atoms with E-state index in [1.54, 1.807) is 30.3 Å². The van der Waals surface area contributed by atoms with Crippen molar-refractivity contribution in [3.63, 3.8) is 0 Å². The van der Waals surface area contributed by atoms with Crippen LogP contribution >= 0.6 is 0 Å². The fourth-order valence-electron chi connectivity index (χ4n) is 2.56. The topological polar surface area (TPSA) is 130 Å². The molecule has 9 heteroatoms. The molecule has 0 spiro atoms. The van der Waals surface area contributed by atoms with E-state index in [9.17, 15) is 24.5 Å². The number of carbonyl (C=O) groups is 3. The van der Waals surface area contributed by atoms with Crippen LogP contribution < -0.4 is 10.2 Å². The summed E-state index contributed by atoms with van der Waals surface area (Å²) in [6.07, 6.45) is -0.952. The molecule has 0 aliphatic carbocycles. The van der Waals surface area contributed by atoms with Crippen LogP contribution in [-0.2, 0) is 4.79 Å². The lowest BCUT2D eigenvalue weighted by atomic mass is 10.1. The number of nitrogens with zero attached hydrogens (tertiary/aromatic N) is 2. The molecule has 9 nitrogen and oxygen atoms in total. The maximum Gasteiger partial charge on any atom is 0.404 e. The molecule has 1 atom stereocenters. The zero-order chi connectivity index (χ0) is 19.8. The van der Waals surface area contributed by atoms with E-state index in [-0.39, 0.29) is 24.2 Å². The molecule has 0 aliphatic heterocycles. The number of aldehydes is 1. The number of nitro benzene ring substituents is 1. The van der Waals surface area contributed by atoms with Crippen LogP contribution in [0, 0.1) is 10.1 Å². The third-order valence-electron chi connectivity index (χ3n) is 3.76. The predicted molar refractivity (Wildman–Crippen MR) is 96.8 cm³/mol. The van der Waals surface area contributed by atoms with Crippen molar-refractivity contribution in [1.82, 2.24) is 5.32 Å². The molecular weight excluding hydrogens is 354 g/mol. The van der Waals surface area contributed by atoms with E-state index in [4.69, 9.17) is 5.11 Å². The van der Waals surface area contributed by atoms with E-state index in [1.165, 1.54) is 29.2 Å². The van der Waals surface area contributed by atoms with Gasteiger partial charge in [-0.3, -0.25) is 14.9 Å². The average Bonchev–Trinajstić information content (AvgIpc) is 2.66. The predicted octanol–water partition coefficient (Wildman–Crippen LogP) is 2.47. The van der Waals surface area contributed by atoms with Crippen molar-refractivity contribution in [2.75, 3.05) is 11.4 Å². The molecule has 0 saturated carbocycles. The van der Waals surface area contributed by atoms with Crippen molar-refractivity contribution in [3.05, 3.63) is 70.3 Å². The van der Waals surface area contributed by atoms with E-state index >= 15 is 0 Å². The molecule has 1 unspecified atom stereocenters. The van der Waals surface area contributed by atoms with Gasteiger partial charge in [-0.1, -0.05) is 30.3 Å². The number of rotatable bonds is 8. The van der Waals surface area contributed by atoms with Gasteiger partial charge in [0, 0.05) is 24.7 Å². The summed E-state index contributed by atoms with van der Waals surface area (Å²) in [5, 5.41) is 22.4. The number of para-hydroxylation sites is 2. The summed E-state index contributed by atoms with van der Waals surface area (Å²) in [6, 6.07) is 12.9. The number of amides is 2. The Morgan fingerprint density at radius 3 is 2.37 bits per heavy atom. The van der Waals surface area contributed by atoms with Gasteiger partial charge in [0.25, 0.3) is 11.6 Å². The minimum absolute atomic E-state index is 0.133. The zero-order valence-corrected chi connectivity index (χ0v) is 14.1. The first-order valence-electron chi connectivity index (χ1n) is 7.97. The van der Waals surface area contributed by atoms with Crippen LogP contribution in [0.3, 0.4) is 0 Å². The Morgan fingerprint density at radius 1 is 1.15 bits per heavy atom. The zero-order valence-electron chi connectivity index (χ0n) is 14.1. The normalized spacial score (nSPS) is 11.3. The van der Waals surface area contributed by atoms with E-state index in [0.29, 0.717) is 12.0 Å². The Hall–Kier alpha value is -3.75. The van der Waals surface area contributed by atoms with Crippen molar-refractivity contribution < 1.29 is 24.4 Å². The van der Waals surface area contributed by atoms with Crippen LogP contribution in [0.2, 0.25) is 0 Å². The van der Waals surface area contributed by atoms with Gasteiger partial charge < -0.3 is 20.1 Å². The molecule has 0 radical (unpaired) electrons. The number of nitrogens with one attached hydrogen (secondary N) is 1. The lowest BCUT2D eigenvalue weighted by Crippen LogP contribution is -2.46. The largest absolute Gasteiger partial charge is 0.465 e. The number of nitro groups is 1. The van der Waals surface area contributed by atoms with Crippen LogP contribution in [0.1, 0.15) is 16.8 Å². The summed E-state index contributed by atoms with van der Waals surface area (Å²) in [7, 11) is 0. The van der Waals surface area contributed by atoms with Crippen LogP contribution in [-0.4, -0.2) is 40.9 Å². The van der Waals surface area contributed by atoms with Crippen molar-refractivity contribution in [2.24, 2.45) is 0 Å². The molecule has 2 aromatic carbocycles. The quantitative estimate of drug-likeness (QED) is 0.416. The first-order chi connectivity index (χ1) is 12.9. The maximum atomic E-state index is 13.1. The Kier molecular flexibility index (Phi) is 6.59. The second-order valence-electron chi connectivity index (χ2n) is 5.57. The number of hydrogen-bond donors (Lipinski definition) is 2. The number of carbonyl (C=O) groups excluding carboxylic acids is 2. The number of hydrogen-bond acceptors (Lipinski definition) is 5. The van der Waals surface area contributed by atoms with E-state index in [2.05, 4.69) is 5.32 Å². The maximum absolute atomic E-state index is 13.1. The van der Waals surface area contributed by atoms with Crippen molar-refractivity contribution in [3.8, 4) is 0 Å². The molecule has 140 valence electrons. The van der Waals surface area contributed by atoms with Crippen LogP contribution in [0.15, 0.2) is 54.6 Å². The highest BCUT2D eigenvalue weighted by Crippen LogP contribution is 2.23. The van der Waals surface area contributed by atoms with Gasteiger partial charge in [0.05, 0.1) is 11.0 Å². The smallest absolute Gasteiger partial charge is 0.404 e. The van der Waals surface area contributed by atoms with Crippen LogP contribution in [0.5, 0.6) is 0 Å². The number of carboxylic acid groups (broad SMARTS) is 1. The molecule has 2 amide bonds. The summed E-state index contributed by atoms with van der Waals surface area (Å²) in [4.78, 5) is 46.7. The highest BCUT2D eigenvalue weighted by atomic mass is 16.6. The van der Waals surface area contributed by atoms with Gasteiger partial charge >= 0.3 is 6.09 Å². The molecular formula is C18H17N3O6. The van der Waals surface area contributed by atoms with E-state index in [0.717, 1.165) is 0 Å². The monoisotopic (exact) mass is 371 g/mol. The first-order valence-corrected chi connectivity index (χ1v) is 7.97. The van der Waals surface area contributed by atoms with E-state index < -0.39 is 23.0 Å². The molecule has 2 aromatic rings. The van der Waals surface area contributed by atoms with Crippen LogP contribution in [0.4, 0.5) is 16.2 Å². The second-order valence-corrected chi connectivity index (χ2v) is 5.57. The second kappa shape index (κ2) is 9.09. The summed E-state index contributed by atoms with van der Waals surface area (Å²) in [5.41, 5.74) is -0.0724. The highest BCUT2D eigenvalue weighted by molar-refractivity contribution is 6.08. The summed E-state index contributed by atoms with van der Waals surface area (Å²) in [5.74, 6) is -0.670. The molecule has 0 aliphatic rings. The van der Waals surface area contributed by atoms with Crippen molar-refractivity contribution >= 4 is 29.7 Å². The van der Waals surface area contributed by atoms with E-state index in [1.807, 2.05) is 0 Å². The number of benzene rings is 2. The van der Waals surface area contributed by atoms with Gasteiger partial charge in [-0.25, -0.2) is 4.79 Å². The summed E-state index contributed by atoms with van der Waals surface area (Å²) in [6.45, 7) is -0.167. The lowest BCUT2D eigenvalue weighted by molar-refractivity contribution is -0.385. The van der Waals surface area contributed by atoms with Gasteiger partial charge in [0.2, 0.25) is 0 Å². The average molecular weight is 371 g/mol. The Bertz CT molecular complexity index is 840. The third kappa shape index (κ3) is 5.11. The van der Waals surface area contributed by atoms with Crippen molar-refractivity contribution in [1.29, 1.82) is 0 Å². The summed E-state index contributed by atoms with van der Waals surface area (Å²) < 4.78 is 0. The molecule has 27 heavy (non-hydrogen) atoms. The van der Waals surface area contributed by atoms with Gasteiger partial charge in [-0.2, -0.15) is 0 Å². The molecule has 0 heterocycles. The molecule has 2 N–H and O–H groups in total. The highest BCUT2D eigenvalue weighted by Gasteiger charge is 2.27. The minimum atomic E-state index is -1.34. The lowest BCUT2D eigenvalue weighted by Gasteiger charge is -2.27. The fraction of sp³-hybridized carbons (Fsp3) is 0.167. The van der Waals surface area contributed by atoms with Gasteiger partial charge in [-0.15, -0.1) is 0 Å². The molecule has 0 saturated heterocycles. The SMILES string of the molecule is O=CCC(CN(C(=O)c1ccccc1[N+](=O)[O-])c1ccccc1)NC(=O)O. The molecule has 0 fully saturated rings. The third-order valence-corrected chi connectivity index (χ3v) is 3.76. The Morgan fingerprint density at radius 2 is 1.78 bits per heavy atom. The number of anilines is 1. The van der Waals surface area contributed by atoms with Gasteiger partial charge in [-0.05, 0) is 18.2 Å².